The van der Waals surface area contributed by atoms with Crippen LogP contribution in [0.2, 0.25) is 0 Å². The van der Waals surface area contributed by atoms with E-state index < -0.39 is 18.8 Å². The lowest BCUT2D eigenvalue weighted by molar-refractivity contribution is -0.201. The third-order valence-corrected chi connectivity index (χ3v) is 1.82. The number of halogens is 3. The Morgan fingerprint density at radius 1 is 1.31 bits per heavy atom. The Balaban J connectivity index is 2.55. The van der Waals surface area contributed by atoms with Crippen LogP contribution in [0, 0.1) is 0 Å². The molecule has 1 aromatic carbocycles. The molecule has 0 heterocycles. The van der Waals surface area contributed by atoms with Crippen molar-refractivity contribution in [2.24, 2.45) is 0 Å². The summed E-state index contributed by atoms with van der Waals surface area (Å²) in [6.07, 6.45) is -3.34. The van der Waals surface area contributed by atoms with E-state index in [-0.39, 0.29) is 0 Å². The highest BCUT2D eigenvalue weighted by Gasteiger charge is 2.40. The van der Waals surface area contributed by atoms with Crippen molar-refractivity contribution in [1.29, 1.82) is 0 Å². The maximum Gasteiger partial charge on any atom is 0.490 e. The first-order valence-electron chi connectivity index (χ1n) is 4.39. The third kappa shape index (κ3) is 3.42. The van der Waals surface area contributed by atoms with Crippen LogP contribution in [0.25, 0.3) is 6.08 Å². The molecule has 2 nitrogen and oxygen atoms in total. The molecular formula is C11H9F3O2. The van der Waals surface area contributed by atoms with Gasteiger partial charge < -0.3 is 4.74 Å². The number of ether oxygens (including phenoxy) is 1. The van der Waals surface area contributed by atoms with Crippen LogP contribution in [-0.2, 0) is 16.1 Å². The Morgan fingerprint density at radius 2 is 1.88 bits per heavy atom. The molecule has 0 spiro atoms. The van der Waals surface area contributed by atoms with Gasteiger partial charge in [0.1, 0.15) is 6.61 Å². The normalized spacial score (nSPS) is 10.9. The van der Waals surface area contributed by atoms with E-state index in [2.05, 4.69) is 11.3 Å². The van der Waals surface area contributed by atoms with Crippen LogP contribution in [0.1, 0.15) is 11.1 Å². The van der Waals surface area contributed by atoms with Crippen LogP contribution in [0.3, 0.4) is 0 Å². The zero-order valence-electron chi connectivity index (χ0n) is 8.25. The molecule has 0 aliphatic rings. The van der Waals surface area contributed by atoms with Crippen LogP contribution in [0.15, 0.2) is 30.8 Å². The molecule has 0 aliphatic carbocycles. The minimum atomic E-state index is -4.94. The van der Waals surface area contributed by atoms with Crippen LogP contribution < -0.4 is 0 Å². The van der Waals surface area contributed by atoms with E-state index in [1.165, 1.54) is 0 Å². The number of hydrogen-bond donors (Lipinski definition) is 0. The summed E-state index contributed by atoms with van der Waals surface area (Å²) in [6, 6.07) is 6.48. The van der Waals surface area contributed by atoms with E-state index in [4.69, 9.17) is 0 Å². The fourth-order valence-electron chi connectivity index (χ4n) is 0.981. The summed E-state index contributed by atoms with van der Waals surface area (Å²) in [5.41, 5.74) is 1.33. The second-order valence-corrected chi connectivity index (χ2v) is 3.02. The van der Waals surface area contributed by atoms with Crippen molar-refractivity contribution in [3.05, 3.63) is 42.0 Å². The van der Waals surface area contributed by atoms with E-state index >= 15 is 0 Å². The summed E-state index contributed by atoms with van der Waals surface area (Å²) in [4.78, 5) is 10.4. The molecule has 1 aromatic rings. The first-order chi connectivity index (χ1) is 7.43. The van der Waals surface area contributed by atoms with Crippen molar-refractivity contribution in [2.45, 2.75) is 12.8 Å². The Hall–Kier alpha value is -1.78. The molecule has 1 rings (SSSR count). The van der Waals surface area contributed by atoms with Gasteiger partial charge in [-0.1, -0.05) is 36.9 Å². The molecule has 5 heteroatoms. The maximum absolute atomic E-state index is 11.8. The second kappa shape index (κ2) is 4.83. The zero-order chi connectivity index (χ0) is 12.2. The van der Waals surface area contributed by atoms with Gasteiger partial charge in [-0.3, -0.25) is 0 Å². The number of carbonyl (C=O) groups is 1. The van der Waals surface area contributed by atoms with E-state index in [9.17, 15) is 18.0 Å². The molecule has 0 fully saturated rings. The highest BCUT2D eigenvalue weighted by atomic mass is 19.4. The molecule has 0 saturated heterocycles. The smallest absolute Gasteiger partial charge is 0.454 e. The third-order valence-electron chi connectivity index (χ3n) is 1.82. The molecule has 0 aliphatic heterocycles. The highest BCUT2D eigenvalue weighted by Crippen LogP contribution is 2.17. The fraction of sp³-hybridized carbons (Fsp3) is 0.182. The molecule has 0 radical (unpaired) electrons. The Kier molecular flexibility index (Phi) is 3.71. The monoisotopic (exact) mass is 230 g/mol. The molecule has 86 valence electrons. The molecule has 0 atom stereocenters. The largest absolute Gasteiger partial charge is 0.490 e. The van der Waals surface area contributed by atoms with Crippen LogP contribution in [-0.4, -0.2) is 12.1 Å². The maximum atomic E-state index is 11.8. The molecule has 16 heavy (non-hydrogen) atoms. The second-order valence-electron chi connectivity index (χ2n) is 3.02. The van der Waals surface area contributed by atoms with Gasteiger partial charge in [0.05, 0.1) is 0 Å². The lowest BCUT2D eigenvalue weighted by Gasteiger charge is -2.07. The number of rotatable bonds is 3. The standard InChI is InChI=1S/C11H9F3O2/c1-2-8-3-5-9(6-4-8)7-16-10(15)11(12,13)14/h2-6H,1,7H2. The van der Waals surface area contributed by atoms with Crippen molar-refractivity contribution >= 4 is 12.0 Å². The van der Waals surface area contributed by atoms with Gasteiger partial charge in [-0.25, -0.2) is 4.79 Å². The molecule has 0 amide bonds. The van der Waals surface area contributed by atoms with Gasteiger partial charge in [0, 0.05) is 0 Å². The van der Waals surface area contributed by atoms with E-state index in [1.54, 1.807) is 30.3 Å². The van der Waals surface area contributed by atoms with Crippen LogP contribution >= 0.6 is 0 Å². The minimum absolute atomic E-state index is 0.393. The first kappa shape index (κ1) is 12.3. The Labute approximate surface area is 90.3 Å². The van der Waals surface area contributed by atoms with Gasteiger partial charge in [-0.2, -0.15) is 13.2 Å². The van der Waals surface area contributed by atoms with Crippen molar-refractivity contribution < 1.29 is 22.7 Å². The molecular weight excluding hydrogens is 221 g/mol. The summed E-state index contributed by atoms with van der Waals surface area (Å²) in [5, 5.41) is 0. The predicted octanol–water partition coefficient (Wildman–Crippen LogP) is 2.94. The highest BCUT2D eigenvalue weighted by molar-refractivity contribution is 5.75. The zero-order valence-corrected chi connectivity index (χ0v) is 8.25. The van der Waals surface area contributed by atoms with E-state index in [1.807, 2.05) is 0 Å². The quantitative estimate of drug-likeness (QED) is 0.746. The summed E-state index contributed by atoms with van der Waals surface area (Å²) < 4.78 is 39.4. The van der Waals surface area contributed by atoms with E-state index in [0.29, 0.717) is 5.56 Å². The SMILES string of the molecule is C=Cc1ccc(COC(=O)C(F)(F)F)cc1. The number of alkyl halides is 3. The summed E-state index contributed by atoms with van der Waals surface area (Å²) >= 11 is 0. The number of carbonyl (C=O) groups excluding carboxylic acids is 1. The topological polar surface area (TPSA) is 26.3 Å². The Morgan fingerprint density at radius 3 is 2.31 bits per heavy atom. The van der Waals surface area contributed by atoms with E-state index in [0.717, 1.165) is 5.56 Å². The van der Waals surface area contributed by atoms with Crippen molar-refractivity contribution in [2.75, 3.05) is 0 Å². The summed E-state index contributed by atoms with van der Waals surface area (Å²) in [6.45, 7) is 3.14. The van der Waals surface area contributed by atoms with Crippen molar-refractivity contribution in [3.8, 4) is 0 Å². The van der Waals surface area contributed by atoms with Crippen molar-refractivity contribution in [3.63, 3.8) is 0 Å². The number of benzene rings is 1. The van der Waals surface area contributed by atoms with Crippen LogP contribution in [0.5, 0.6) is 0 Å². The molecule has 0 N–H and O–H groups in total. The fourth-order valence-corrected chi connectivity index (χ4v) is 0.981. The van der Waals surface area contributed by atoms with Gasteiger partial charge in [0.2, 0.25) is 0 Å². The van der Waals surface area contributed by atoms with Gasteiger partial charge in [-0.15, -0.1) is 0 Å². The Bertz CT molecular complexity index is 379. The average Bonchev–Trinajstić information content (AvgIpc) is 2.25. The molecule has 0 unspecified atom stereocenters. The lowest BCUT2D eigenvalue weighted by atomic mass is 10.1. The lowest BCUT2D eigenvalue weighted by Crippen LogP contribution is -2.25. The van der Waals surface area contributed by atoms with Crippen LogP contribution in [0.4, 0.5) is 13.2 Å². The average molecular weight is 230 g/mol. The molecule has 0 aromatic heterocycles. The molecule has 0 bridgehead atoms. The van der Waals surface area contributed by atoms with Gasteiger partial charge in [-0.05, 0) is 11.1 Å². The van der Waals surface area contributed by atoms with Gasteiger partial charge in [0.25, 0.3) is 0 Å². The summed E-state index contributed by atoms with van der Waals surface area (Å²) in [7, 11) is 0. The van der Waals surface area contributed by atoms with Gasteiger partial charge >= 0.3 is 12.1 Å². The number of hydrogen-bond acceptors (Lipinski definition) is 2. The number of esters is 1. The van der Waals surface area contributed by atoms with Crippen molar-refractivity contribution in [1.82, 2.24) is 0 Å². The minimum Gasteiger partial charge on any atom is -0.454 e. The predicted molar refractivity (Wildman–Crippen MR) is 52.4 cm³/mol. The summed E-state index contributed by atoms with van der Waals surface area (Å²) in [5.74, 6) is -2.18. The first-order valence-corrected chi connectivity index (χ1v) is 4.39. The molecule has 0 saturated carbocycles. The van der Waals surface area contributed by atoms with Gasteiger partial charge in [0.15, 0.2) is 0 Å².